The standard InChI is InChI=1S/C14H17ClN4S/c1-3-4-11-13-14(18(2)17-11)19(10-6-8-20-9-10)12(16-13)5-7-15/h6,8-9H,3-5,7H2,1-2H3. The van der Waals surface area contributed by atoms with E-state index in [9.17, 15) is 0 Å². The summed E-state index contributed by atoms with van der Waals surface area (Å²) in [7, 11) is 1.98. The average Bonchev–Trinajstić information content (AvgIpc) is 3.09. The zero-order chi connectivity index (χ0) is 14.1. The Labute approximate surface area is 127 Å². The summed E-state index contributed by atoms with van der Waals surface area (Å²) in [5.74, 6) is 1.59. The summed E-state index contributed by atoms with van der Waals surface area (Å²) in [5.41, 5.74) is 4.30. The third kappa shape index (κ3) is 2.15. The molecule has 3 aromatic heterocycles. The van der Waals surface area contributed by atoms with Gasteiger partial charge in [0.2, 0.25) is 0 Å². The second-order valence-electron chi connectivity index (χ2n) is 4.78. The van der Waals surface area contributed by atoms with Gasteiger partial charge in [-0.25, -0.2) is 9.67 Å². The lowest BCUT2D eigenvalue weighted by Gasteiger charge is -2.06. The molecule has 0 N–H and O–H groups in total. The number of aryl methyl sites for hydroxylation is 3. The average molecular weight is 309 g/mol. The molecule has 3 heterocycles. The first-order valence-corrected chi connectivity index (χ1v) is 8.25. The molecule has 0 unspecified atom stereocenters. The lowest BCUT2D eigenvalue weighted by Crippen LogP contribution is -2.05. The number of rotatable bonds is 5. The van der Waals surface area contributed by atoms with Gasteiger partial charge >= 0.3 is 0 Å². The van der Waals surface area contributed by atoms with Crippen molar-refractivity contribution in [3.63, 3.8) is 0 Å². The molecule has 6 heteroatoms. The molecule has 0 bridgehead atoms. The van der Waals surface area contributed by atoms with Crippen molar-refractivity contribution >= 4 is 34.1 Å². The van der Waals surface area contributed by atoms with Crippen molar-refractivity contribution in [2.24, 2.45) is 7.05 Å². The molecule has 20 heavy (non-hydrogen) atoms. The Morgan fingerprint density at radius 2 is 2.20 bits per heavy atom. The van der Waals surface area contributed by atoms with Crippen LogP contribution in [0.15, 0.2) is 16.8 Å². The van der Waals surface area contributed by atoms with Gasteiger partial charge in [-0.1, -0.05) is 13.3 Å². The summed E-state index contributed by atoms with van der Waals surface area (Å²) in [6.07, 6.45) is 2.79. The van der Waals surface area contributed by atoms with Gasteiger partial charge in [0.05, 0.1) is 11.4 Å². The van der Waals surface area contributed by atoms with Crippen molar-refractivity contribution in [3.05, 3.63) is 28.3 Å². The first-order chi connectivity index (χ1) is 9.76. The van der Waals surface area contributed by atoms with E-state index in [0.29, 0.717) is 5.88 Å². The highest BCUT2D eigenvalue weighted by Crippen LogP contribution is 2.26. The Balaban J connectivity index is 2.26. The van der Waals surface area contributed by atoms with Gasteiger partial charge in [0.1, 0.15) is 11.3 Å². The van der Waals surface area contributed by atoms with E-state index in [1.165, 1.54) is 0 Å². The predicted molar refractivity (Wildman–Crippen MR) is 84.1 cm³/mol. The Hall–Kier alpha value is -1.33. The van der Waals surface area contributed by atoms with Gasteiger partial charge < -0.3 is 0 Å². The number of halogens is 1. The molecule has 0 amide bonds. The maximum atomic E-state index is 5.93. The van der Waals surface area contributed by atoms with Crippen LogP contribution in [-0.4, -0.2) is 25.2 Å². The number of hydrogen-bond acceptors (Lipinski definition) is 3. The van der Waals surface area contributed by atoms with E-state index in [-0.39, 0.29) is 0 Å². The molecule has 3 rings (SSSR count). The van der Waals surface area contributed by atoms with Crippen molar-refractivity contribution in [1.29, 1.82) is 0 Å². The van der Waals surface area contributed by atoms with Crippen molar-refractivity contribution in [2.45, 2.75) is 26.2 Å². The highest BCUT2D eigenvalue weighted by molar-refractivity contribution is 7.08. The number of nitrogens with zero attached hydrogens (tertiary/aromatic N) is 4. The van der Waals surface area contributed by atoms with Crippen LogP contribution in [0.5, 0.6) is 0 Å². The van der Waals surface area contributed by atoms with Gasteiger partial charge in [0.25, 0.3) is 0 Å². The topological polar surface area (TPSA) is 35.6 Å². The second kappa shape index (κ2) is 5.58. The third-order valence-electron chi connectivity index (χ3n) is 3.34. The SMILES string of the molecule is CCCc1nn(C)c2c1nc(CCCl)n2-c1ccsc1. The van der Waals surface area contributed by atoms with E-state index in [1.54, 1.807) is 11.3 Å². The molecule has 0 aliphatic carbocycles. The van der Waals surface area contributed by atoms with Crippen molar-refractivity contribution < 1.29 is 0 Å². The molecule has 0 atom stereocenters. The van der Waals surface area contributed by atoms with Crippen molar-refractivity contribution in [1.82, 2.24) is 19.3 Å². The van der Waals surface area contributed by atoms with Gasteiger partial charge in [0.15, 0.2) is 5.65 Å². The van der Waals surface area contributed by atoms with Gasteiger partial charge in [-0.2, -0.15) is 16.4 Å². The lowest BCUT2D eigenvalue weighted by atomic mass is 10.2. The molecule has 0 fully saturated rings. The minimum atomic E-state index is 0.573. The summed E-state index contributed by atoms with van der Waals surface area (Å²) in [5, 5.41) is 8.82. The molecule has 0 saturated heterocycles. The molecule has 3 aromatic rings. The van der Waals surface area contributed by atoms with E-state index in [1.807, 2.05) is 11.7 Å². The summed E-state index contributed by atoms with van der Waals surface area (Å²) >= 11 is 7.62. The monoisotopic (exact) mass is 308 g/mol. The van der Waals surface area contributed by atoms with E-state index in [2.05, 4.69) is 33.4 Å². The van der Waals surface area contributed by atoms with E-state index in [0.717, 1.165) is 47.6 Å². The van der Waals surface area contributed by atoms with Gasteiger partial charge in [-0.3, -0.25) is 4.57 Å². The van der Waals surface area contributed by atoms with Crippen LogP contribution in [-0.2, 0) is 19.9 Å². The van der Waals surface area contributed by atoms with Crippen molar-refractivity contribution in [2.75, 3.05) is 5.88 Å². The number of imidazole rings is 1. The van der Waals surface area contributed by atoms with Crippen LogP contribution >= 0.6 is 22.9 Å². The molecule has 0 aliphatic heterocycles. The van der Waals surface area contributed by atoms with E-state index in [4.69, 9.17) is 16.6 Å². The van der Waals surface area contributed by atoms with Crippen LogP contribution < -0.4 is 0 Å². The number of thiophene rings is 1. The smallest absolute Gasteiger partial charge is 0.163 e. The van der Waals surface area contributed by atoms with Crippen molar-refractivity contribution in [3.8, 4) is 5.69 Å². The Morgan fingerprint density at radius 1 is 1.35 bits per heavy atom. The van der Waals surface area contributed by atoms with Crippen LogP contribution in [0.25, 0.3) is 16.9 Å². The Bertz CT molecular complexity index is 711. The zero-order valence-corrected chi connectivity index (χ0v) is 13.2. The molecule has 4 nitrogen and oxygen atoms in total. The van der Waals surface area contributed by atoms with Crippen LogP contribution in [0.2, 0.25) is 0 Å². The highest BCUT2D eigenvalue weighted by Gasteiger charge is 2.19. The summed E-state index contributed by atoms with van der Waals surface area (Å²) in [4.78, 5) is 4.80. The zero-order valence-electron chi connectivity index (χ0n) is 11.6. The van der Waals surface area contributed by atoms with Gasteiger partial charge in [-0.15, -0.1) is 11.6 Å². The second-order valence-corrected chi connectivity index (χ2v) is 5.93. The maximum Gasteiger partial charge on any atom is 0.163 e. The van der Waals surface area contributed by atoms with Gasteiger partial charge in [0, 0.05) is 24.7 Å². The quantitative estimate of drug-likeness (QED) is 0.676. The first kappa shape index (κ1) is 13.6. The predicted octanol–water partition coefficient (Wildman–Crippen LogP) is 3.55. The molecule has 0 aliphatic rings. The molecule has 0 saturated carbocycles. The highest BCUT2D eigenvalue weighted by atomic mass is 35.5. The van der Waals surface area contributed by atoms with E-state index < -0.39 is 0 Å². The van der Waals surface area contributed by atoms with Gasteiger partial charge in [-0.05, 0) is 17.9 Å². The molecular weight excluding hydrogens is 292 g/mol. The number of fused-ring (bicyclic) bond motifs is 1. The minimum absolute atomic E-state index is 0.573. The minimum Gasteiger partial charge on any atom is -0.280 e. The van der Waals surface area contributed by atoms with E-state index >= 15 is 0 Å². The fourth-order valence-corrected chi connectivity index (χ4v) is 3.33. The van der Waals surface area contributed by atoms with Crippen LogP contribution in [0.4, 0.5) is 0 Å². The molecule has 106 valence electrons. The molecule has 0 spiro atoms. The maximum absolute atomic E-state index is 5.93. The fraction of sp³-hybridized carbons (Fsp3) is 0.429. The first-order valence-electron chi connectivity index (χ1n) is 6.78. The molecule has 0 radical (unpaired) electrons. The van der Waals surface area contributed by atoms with Crippen LogP contribution in [0.3, 0.4) is 0 Å². The summed E-state index contributed by atoms with van der Waals surface area (Å²) in [6, 6.07) is 2.11. The Morgan fingerprint density at radius 3 is 2.85 bits per heavy atom. The Kier molecular flexibility index (Phi) is 3.81. The fourth-order valence-electron chi connectivity index (χ4n) is 2.54. The lowest BCUT2D eigenvalue weighted by molar-refractivity contribution is 0.729. The largest absolute Gasteiger partial charge is 0.280 e. The number of aromatic nitrogens is 4. The van der Waals surface area contributed by atoms with Crippen LogP contribution in [0, 0.1) is 0 Å². The molecular formula is C14H17ClN4S. The number of hydrogen-bond donors (Lipinski definition) is 0. The molecule has 0 aromatic carbocycles. The summed E-state index contributed by atoms with van der Waals surface area (Å²) < 4.78 is 4.11. The normalized spacial score (nSPS) is 11.6. The third-order valence-corrected chi connectivity index (χ3v) is 4.20. The van der Waals surface area contributed by atoms with Crippen LogP contribution in [0.1, 0.15) is 24.9 Å². The summed E-state index contributed by atoms with van der Waals surface area (Å²) in [6.45, 7) is 2.16. The number of alkyl halides is 1.